The predicted molar refractivity (Wildman–Crippen MR) is 62.7 cm³/mol. The maximum atomic E-state index is 11.1. The molecule has 0 aromatic heterocycles. The van der Waals surface area contributed by atoms with E-state index >= 15 is 0 Å². The first-order valence-corrected chi connectivity index (χ1v) is 5.89. The highest BCUT2D eigenvalue weighted by atomic mass is 35.5. The van der Waals surface area contributed by atoms with Crippen molar-refractivity contribution in [3.05, 3.63) is 33.8 Å². The summed E-state index contributed by atoms with van der Waals surface area (Å²) in [6.45, 7) is 0. The van der Waals surface area contributed by atoms with Crippen LogP contribution in [0.4, 0.5) is 0 Å². The SMILES string of the molecule is O=C1CCC(c2cc(Cl)ccc2Cl)CC1. The molecule has 1 aromatic rings. The molecule has 2 rings (SSSR count). The van der Waals surface area contributed by atoms with Crippen molar-refractivity contribution in [2.24, 2.45) is 0 Å². The molecule has 1 saturated carbocycles. The summed E-state index contributed by atoms with van der Waals surface area (Å²) in [6, 6.07) is 5.54. The fourth-order valence-corrected chi connectivity index (χ4v) is 2.53. The van der Waals surface area contributed by atoms with Gasteiger partial charge in [-0.05, 0) is 42.5 Å². The smallest absolute Gasteiger partial charge is 0.132 e. The lowest BCUT2D eigenvalue weighted by atomic mass is 9.83. The monoisotopic (exact) mass is 242 g/mol. The van der Waals surface area contributed by atoms with Crippen molar-refractivity contribution in [2.45, 2.75) is 31.6 Å². The summed E-state index contributed by atoms with van der Waals surface area (Å²) in [4.78, 5) is 11.1. The number of hydrogen-bond acceptors (Lipinski definition) is 1. The summed E-state index contributed by atoms with van der Waals surface area (Å²) in [5.74, 6) is 0.762. The van der Waals surface area contributed by atoms with Gasteiger partial charge in [0, 0.05) is 22.9 Å². The van der Waals surface area contributed by atoms with Crippen LogP contribution < -0.4 is 0 Å². The molecule has 0 N–H and O–H groups in total. The Morgan fingerprint density at radius 3 is 2.47 bits per heavy atom. The van der Waals surface area contributed by atoms with E-state index in [0.29, 0.717) is 29.6 Å². The van der Waals surface area contributed by atoms with Crippen LogP contribution in [-0.4, -0.2) is 5.78 Å². The van der Waals surface area contributed by atoms with Crippen LogP contribution in [0.15, 0.2) is 18.2 Å². The maximum Gasteiger partial charge on any atom is 0.132 e. The molecule has 0 spiro atoms. The minimum Gasteiger partial charge on any atom is -0.300 e. The summed E-state index contributed by atoms with van der Waals surface area (Å²) in [6.07, 6.45) is 3.15. The van der Waals surface area contributed by atoms with Crippen molar-refractivity contribution < 1.29 is 4.79 Å². The van der Waals surface area contributed by atoms with Gasteiger partial charge in [-0.25, -0.2) is 0 Å². The Morgan fingerprint density at radius 2 is 1.80 bits per heavy atom. The van der Waals surface area contributed by atoms with Crippen LogP contribution in [0.1, 0.15) is 37.2 Å². The summed E-state index contributed by atoms with van der Waals surface area (Å²) in [7, 11) is 0. The summed E-state index contributed by atoms with van der Waals surface area (Å²) in [5, 5.41) is 1.48. The van der Waals surface area contributed by atoms with E-state index in [0.717, 1.165) is 23.4 Å². The average Bonchev–Trinajstić information content (AvgIpc) is 2.23. The Hall–Kier alpha value is -0.530. The van der Waals surface area contributed by atoms with Gasteiger partial charge in [-0.15, -0.1) is 0 Å². The van der Waals surface area contributed by atoms with Gasteiger partial charge in [-0.3, -0.25) is 4.79 Å². The minimum atomic E-state index is 0.365. The van der Waals surface area contributed by atoms with Crippen LogP contribution in [0, 0.1) is 0 Å². The van der Waals surface area contributed by atoms with Crippen LogP contribution in [0.25, 0.3) is 0 Å². The molecule has 0 bridgehead atoms. The Labute approximate surface area is 99.4 Å². The van der Waals surface area contributed by atoms with Gasteiger partial charge in [0.1, 0.15) is 5.78 Å². The molecule has 15 heavy (non-hydrogen) atoms. The van der Waals surface area contributed by atoms with Crippen LogP contribution in [0.5, 0.6) is 0 Å². The third-order valence-electron chi connectivity index (χ3n) is 2.94. The first kappa shape index (κ1) is 11.0. The number of ketones is 1. The lowest BCUT2D eigenvalue weighted by Crippen LogP contribution is -2.12. The molecule has 0 aliphatic heterocycles. The highest BCUT2D eigenvalue weighted by molar-refractivity contribution is 6.33. The molecule has 3 heteroatoms. The molecule has 1 nitrogen and oxygen atoms in total. The molecule has 1 aromatic carbocycles. The van der Waals surface area contributed by atoms with Gasteiger partial charge in [-0.2, -0.15) is 0 Å². The quantitative estimate of drug-likeness (QED) is 0.721. The van der Waals surface area contributed by atoms with E-state index in [1.54, 1.807) is 6.07 Å². The second-order valence-corrected chi connectivity index (χ2v) is 4.82. The molecule has 0 atom stereocenters. The van der Waals surface area contributed by atoms with Crippen molar-refractivity contribution in [2.75, 3.05) is 0 Å². The van der Waals surface area contributed by atoms with Gasteiger partial charge in [0.05, 0.1) is 0 Å². The van der Waals surface area contributed by atoms with Crippen molar-refractivity contribution >= 4 is 29.0 Å². The zero-order valence-electron chi connectivity index (χ0n) is 8.30. The first-order chi connectivity index (χ1) is 7.16. The van der Waals surface area contributed by atoms with E-state index in [1.807, 2.05) is 12.1 Å². The van der Waals surface area contributed by atoms with E-state index in [-0.39, 0.29) is 0 Å². The number of carbonyl (C=O) groups excluding carboxylic acids is 1. The number of rotatable bonds is 1. The molecule has 0 unspecified atom stereocenters. The van der Waals surface area contributed by atoms with Crippen LogP contribution >= 0.6 is 23.2 Å². The fraction of sp³-hybridized carbons (Fsp3) is 0.417. The summed E-state index contributed by atoms with van der Waals surface area (Å²) in [5.41, 5.74) is 1.09. The molecule has 0 saturated heterocycles. The molecule has 1 aliphatic carbocycles. The topological polar surface area (TPSA) is 17.1 Å². The third kappa shape index (κ3) is 2.53. The van der Waals surface area contributed by atoms with Gasteiger partial charge >= 0.3 is 0 Å². The van der Waals surface area contributed by atoms with Crippen LogP contribution in [0.2, 0.25) is 10.0 Å². The molecule has 0 heterocycles. The molecule has 0 radical (unpaired) electrons. The van der Waals surface area contributed by atoms with E-state index in [4.69, 9.17) is 23.2 Å². The number of carbonyl (C=O) groups is 1. The van der Waals surface area contributed by atoms with E-state index in [2.05, 4.69) is 0 Å². The standard InChI is InChI=1S/C12H12Cl2O/c13-9-3-6-12(14)11(7-9)8-1-4-10(15)5-2-8/h3,6-8H,1-2,4-5H2. The highest BCUT2D eigenvalue weighted by Gasteiger charge is 2.21. The Kier molecular flexibility index (Phi) is 3.32. The maximum absolute atomic E-state index is 11.1. The second-order valence-electron chi connectivity index (χ2n) is 3.98. The Bertz CT molecular complexity index is 377. The predicted octanol–water partition coefficient (Wildman–Crippen LogP) is 4.22. The summed E-state index contributed by atoms with van der Waals surface area (Å²) < 4.78 is 0. The number of benzene rings is 1. The number of Topliss-reactive ketones (excluding diaryl/α,β-unsaturated/α-hetero) is 1. The number of halogens is 2. The largest absolute Gasteiger partial charge is 0.300 e. The fourth-order valence-electron chi connectivity index (χ4n) is 2.08. The minimum absolute atomic E-state index is 0.365. The van der Waals surface area contributed by atoms with E-state index in [1.165, 1.54) is 0 Å². The number of hydrogen-bond donors (Lipinski definition) is 0. The Balaban J connectivity index is 2.21. The normalized spacial score (nSPS) is 18.1. The van der Waals surface area contributed by atoms with Crippen LogP contribution in [0.3, 0.4) is 0 Å². The van der Waals surface area contributed by atoms with Gasteiger partial charge < -0.3 is 0 Å². The van der Waals surface area contributed by atoms with Gasteiger partial charge in [0.15, 0.2) is 0 Å². The van der Waals surface area contributed by atoms with Crippen molar-refractivity contribution in [1.82, 2.24) is 0 Å². The lowest BCUT2D eigenvalue weighted by molar-refractivity contribution is -0.120. The van der Waals surface area contributed by atoms with Crippen molar-refractivity contribution in [1.29, 1.82) is 0 Å². The zero-order chi connectivity index (χ0) is 10.8. The van der Waals surface area contributed by atoms with Gasteiger partial charge in [-0.1, -0.05) is 23.2 Å². The molecule has 80 valence electrons. The summed E-state index contributed by atoms with van der Waals surface area (Å²) >= 11 is 12.1. The van der Waals surface area contributed by atoms with Crippen LogP contribution in [-0.2, 0) is 4.79 Å². The van der Waals surface area contributed by atoms with Crippen molar-refractivity contribution in [3.8, 4) is 0 Å². The molecular weight excluding hydrogens is 231 g/mol. The Morgan fingerprint density at radius 1 is 1.13 bits per heavy atom. The zero-order valence-corrected chi connectivity index (χ0v) is 9.81. The van der Waals surface area contributed by atoms with E-state index in [9.17, 15) is 4.79 Å². The van der Waals surface area contributed by atoms with Crippen molar-refractivity contribution in [3.63, 3.8) is 0 Å². The highest BCUT2D eigenvalue weighted by Crippen LogP contribution is 2.36. The van der Waals surface area contributed by atoms with Gasteiger partial charge in [0.25, 0.3) is 0 Å². The first-order valence-electron chi connectivity index (χ1n) is 5.13. The molecule has 1 aliphatic rings. The third-order valence-corrected chi connectivity index (χ3v) is 3.52. The lowest BCUT2D eigenvalue weighted by Gasteiger charge is -2.22. The van der Waals surface area contributed by atoms with Gasteiger partial charge in [0.2, 0.25) is 0 Å². The second kappa shape index (κ2) is 4.54. The molecule has 0 amide bonds. The molecule has 1 fully saturated rings. The average molecular weight is 243 g/mol. The van der Waals surface area contributed by atoms with E-state index < -0.39 is 0 Å². The molecular formula is C12H12Cl2O.